The van der Waals surface area contributed by atoms with Gasteiger partial charge in [0, 0.05) is 6.54 Å². The number of hydrogen-bond acceptors (Lipinski definition) is 2. The van der Waals surface area contributed by atoms with Crippen LogP contribution in [0.15, 0.2) is 36.4 Å². The molecule has 2 rings (SSSR count). The number of nitrogens with zero attached hydrogens (tertiary/aromatic N) is 1. The fraction of sp³-hybridized carbons (Fsp3) is 0.278. The van der Waals surface area contributed by atoms with E-state index in [4.69, 9.17) is 0 Å². The van der Waals surface area contributed by atoms with Crippen molar-refractivity contribution in [2.24, 2.45) is 0 Å². The molecule has 1 N–H and O–H groups in total. The summed E-state index contributed by atoms with van der Waals surface area (Å²) in [4.78, 5) is 14.2. The minimum atomic E-state index is -1.52. The molecule has 0 radical (unpaired) electrons. The van der Waals surface area contributed by atoms with Gasteiger partial charge in [-0.25, -0.2) is 13.2 Å². The van der Waals surface area contributed by atoms with Crippen LogP contribution in [0.2, 0.25) is 0 Å². The molecule has 0 aliphatic rings. The standard InChI is InChI=1S/C18H19F3N2O/c1-11-4-6-13(7-5-11)17(23(2)3)18(24)22-10-12-8-14(19)16(21)15(20)9-12/h4-9,17H,10H2,1-3H3,(H,22,24)/t17-/m1/s1. The van der Waals surface area contributed by atoms with Crippen LogP contribution in [0.1, 0.15) is 22.7 Å². The van der Waals surface area contributed by atoms with Crippen molar-refractivity contribution in [3.8, 4) is 0 Å². The molecule has 1 atom stereocenters. The van der Waals surface area contributed by atoms with Gasteiger partial charge in [0.1, 0.15) is 6.04 Å². The Hall–Kier alpha value is -2.34. The molecule has 0 saturated heterocycles. The lowest BCUT2D eigenvalue weighted by atomic mass is 10.0. The van der Waals surface area contributed by atoms with Gasteiger partial charge in [-0.05, 0) is 44.3 Å². The molecule has 24 heavy (non-hydrogen) atoms. The van der Waals surface area contributed by atoms with E-state index in [2.05, 4.69) is 5.32 Å². The molecule has 1 amide bonds. The fourth-order valence-corrected chi connectivity index (χ4v) is 2.43. The van der Waals surface area contributed by atoms with E-state index in [0.29, 0.717) is 0 Å². The van der Waals surface area contributed by atoms with Crippen LogP contribution in [0.4, 0.5) is 13.2 Å². The molecule has 0 unspecified atom stereocenters. The van der Waals surface area contributed by atoms with Crippen molar-refractivity contribution in [2.45, 2.75) is 19.5 Å². The molecule has 3 nitrogen and oxygen atoms in total. The molecule has 2 aromatic carbocycles. The van der Waals surface area contributed by atoms with E-state index < -0.39 is 23.5 Å². The number of benzene rings is 2. The van der Waals surface area contributed by atoms with Gasteiger partial charge in [0.15, 0.2) is 17.5 Å². The van der Waals surface area contributed by atoms with Crippen molar-refractivity contribution >= 4 is 5.91 Å². The van der Waals surface area contributed by atoms with E-state index in [9.17, 15) is 18.0 Å². The Kier molecular flexibility index (Phi) is 5.62. The van der Waals surface area contributed by atoms with E-state index in [1.165, 1.54) is 0 Å². The molecule has 0 saturated carbocycles. The number of rotatable bonds is 5. The first kappa shape index (κ1) is 18.0. The number of hydrogen-bond donors (Lipinski definition) is 1. The Bertz CT molecular complexity index is 707. The highest BCUT2D eigenvalue weighted by atomic mass is 19.2. The van der Waals surface area contributed by atoms with E-state index in [1.54, 1.807) is 19.0 Å². The SMILES string of the molecule is Cc1ccc([C@H](C(=O)NCc2cc(F)c(F)c(F)c2)N(C)C)cc1. The summed E-state index contributed by atoms with van der Waals surface area (Å²) in [6.45, 7) is 1.86. The van der Waals surface area contributed by atoms with Crippen LogP contribution < -0.4 is 5.32 Å². The van der Waals surface area contributed by atoms with E-state index in [0.717, 1.165) is 23.3 Å². The number of carbonyl (C=O) groups excluding carboxylic acids is 1. The molecule has 0 aliphatic heterocycles. The number of halogens is 3. The van der Waals surface area contributed by atoms with Gasteiger partial charge in [-0.1, -0.05) is 29.8 Å². The molecular weight excluding hydrogens is 317 g/mol. The minimum absolute atomic E-state index is 0.0941. The third kappa shape index (κ3) is 4.14. The summed E-state index contributed by atoms with van der Waals surface area (Å²) in [5.74, 6) is -4.38. The molecule has 0 spiro atoms. The van der Waals surface area contributed by atoms with Gasteiger partial charge in [0.25, 0.3) is 0 Å². The molecule has 0 aromatic heterocycles. The molecule has 6 heteroatoms. The van der Waals surface area contributed by atoms with Crippen LogP contribution in [0, 0.1) is 24.4 Å². The van der Waals surface area contributed by atoms with Crippen molar-refractivity contribution in [3.63, 3.8) is 0 Å². The minimum Gasteiger partial charge on any atom is -0.350 e. The van der Waals surface area contributed by atoms with Gasteiger partial charge < -0.3 is 5.32 Å². The van der Waals surface area contributed by atoms with Crippen molar-refractivity contribution in [3.05, 3.63) is 70.5 Å². The molecule has 0 bridgehead atoms. The Balaban J connectivity index is 2.13. The van der Waals surface area contributed by atoms with Crippen LogP contribution in [0.25, 0.3) is 0 Å². The highest BCUT2D eigenvalue weighted by Gasteiger charge is 2.22. The van der Waals surface area contributed by atoms with Crippen LogP contribution in [0.3, 0.4) is 0 Å². The van der Waals surface area contributed by atoms with Crippen molar-refractivity contribution in [1.82, 2.24) is 10.2 Å². The number of likely N-dealkylation sites (N-methyl/N-ethyl adjacent to an activating group) is 1. The van der Waals surface area contributed by atoms with Crippen molar-refractivity contribution in [1.29, 1.82) is 0 Å². The average Bonchev–Trinajstić information content (AvgIpc) is 2.52. The predicted molar refractivity (Wildman–Crippen MR) is 85.8 cm³/mol. The van der Waals surface area contributed by atoms with Crippen LogP contribution in [0.5, 0.6) is 0 Å². The topological polar surface area (TPSA) is 32.3 Å². The lowest BCUT2D eigenvalue weighted by Gasteiger charge is -2.24. The zero-order chi connectivity index (χ0) is 17.9. The maximum atomic E-state index is 13.2. The summed E-state index contributed by atoms with van der Waals surface area (Å²) in [7, 11) is 3.53. The molecule has 0 heterocycles. The molecule has 0 fully saturated rings. The smallest absolute Gasteiger partial charge is 0.242 e. The highest BCUT2D eigenvalue weighted by molar-refractivity contribution is 5.83. The lowest BCUT2D eigenvalue weighted by molar-refractivity contribution is -0.125. The molecular formula is C18H19F3N2O. The van der Waals surface area contributed by atoms with E-state index >= 15 is 0 Å². The largest absolute Gasteiger partial charge is 0.350 e. The first-order valence-electron chi connectivity index (χ1n) is 7.43. The maximum absolute atomic E-state index is 13.2. The van der Waals surface area contributed by atoms with Crippen LogP contribution in [-0.2, 0) is 11.3 Å². The van der Waals surface area contributed by atoms with E-state index in [-0.39, 0.29) is 18.0 Å². The zero-order valence-electron chi connectivity index (χ0n) is 13.7. The number of aryl methyl sites for hydroxylation is 1. The highest BCUT2D eigenvalue weighted by Crippen LogP contribution is 2.19. The predicted octanol–water partition coefficient (Wildman–Crippen LogP) is 3.33. The summed E-state index contributed by atoms with van der Waals surface area (Å²) in [6.07, 6.45) is 0. The first-order valence-corrected chi connectivity index (χ1v) is 7.43. The van der Waals surface area contributed by atoms with Gasteiger partial charge in [-0.15, -0.1) is 0 Å². The number of carbonyl (C=O) groups is 1. The quantitative estimate of drug-likeness (QED) is 0.850. The second kappa shape index (κ2) is 7.49. The van der Waals surface area contributed by atoms with Gasteiger partial charge in [0.2, 0.25) is 5.91 Å². The fourth-order valence-electron chi connectivity index (χ4n) is 2.43. The molecule has 0 aliphatic carbocycles. The van der Waals surface area contributed by atoms with Crippen LogP contribution >= 0.6 is 0 Å². The van der Waals surface area contributed by atoms with Crippen molar-refractivity contribution in [2.75, 3.05) is 14.1 Å². The summed E-state index contributed by atoms with van der Waals surface area (Å²) in [6, 6.07) is 8.73. The van der Waals surface area contributed by atoms with E-state index in [1.807, 2.05) is 31.2 Å². The summed E-state index contributed by atoms with van der Waals surface area (Å²) in [5.41, 5.74) is 2.04. The third-order valence-corrected chi connectivity index (χ3v) is 3.67. The Morgan fingerprint density at radius 3 is 2.12 bits per heavy atom. The first-order chi connectivity index (χ1) is 11.3. The average molecular weight is 336 g/mol. The Morgan fingerprint density at radius 2 is 1.62 bits per heavy atom. The third-order valence-electron chi connectivity index (χ3n) is 3.67. The summed E-state index contributed by atoms with van der Waals surface area (Å²) in [5, 5.41) is 2.63. The molecule has 2 aromatic rings. The van der Waals surface area contributed by atoms with Gasteiger partial charge in [-0.2, -0.15) is 0 Å². The van der Waals surface area contributed by atoms with Gasteiger partial charge in [-0.3, -0.25) is 9.69 Å². The summed E-state index contributed by atoms with van der Waals surface area (Å²) >= 11 is 0. The second-order valence-electron chi connectivity index (χ2n) is 5.87. The number of nitrogens with one attached hydrogen (secondary N) is 1. The summed E-state index contributed by atoms with van der Waals surface area (Å²) < 4.78 is 39.4. The molecule has 128 valence electrons. The van der Waals surface area contributed by atoms with Gasteiger partial charge >= 0.3 is 0 Å². The van der Waals surface area contributed by atoms with Crippen molar-refractivity contribution < 1.29 is 18.0 Å². The number of amides is 1. The maximum Gasteiger partial charge on any atom is 0.242 e. The van der Waals surface area contributed by atoms with Gasteiger partial charge in [0.05, 0.1) is 0 Å². The lowest BCUT2D eigenvalue weighted by Crippen LogP contribution is -2.36. The normalized spacial score (nSPS) is 12.3. The Morgan fingerprint density at radius 1 is 1.08 bits per heavy atom. The monoisotopic (exact) mass is 336 g/mol. The second-order valence-corrected chi connectivity index (χ2v) is 5.87. The Labute approximate surface area is 139 Å². The zero-order valence-corrected chi connectivity index (χ0v) is 13.7. The van der Waals surface area contributed by atoms with Crippen LogP contribution in [-0.4, -0.2) is 24.9 Å².